The van der Waals surface area contributed by atoms with Crippen molar-refractivity contribution in [3.63, 3.8) is 0 Å². The molecule has 6 nitrogen and oxygen atoms in total. The highest BCUT2D eigenvalue weighted by molar-refractivity contribution is 5.76. The van der Waals surface area contributed by atoms with Gasteiger partial charge in [0.1, 0.15) is 0 Å². The first kappa shape index (κ1) is 70.6. The van der Waals surface area contributed by atoms with Gasteiger partial charge in [-0.05, 0) is 51.4 Å². The molecule has 1 amide bonds. The molecule has 0 bridgehead atoms. The maximum atomic E-state index is 12.5. The Labute approximate surface area is 450 Å². The van der Waals surface area contributed by atoms with E-state index in [1.807, 2.05) is 0 Å². The maximum absolute atomic E-state index is 12.5. The molecular weight excluding hydrogens is 887 g/mol. The average Bonchev–Trinajstić information content (AvgIpc) is 3.38. The summed E-state index contributed by atoms with van der Waals surface area (Å²) in [6, 6.07) is -0.547. The highest BCUT2D eigenvalue weighted by Crippen LogP contribution is 2.18. The third kappa shape index (κ3) is 57.9. The second-order valence-electron chi connectivity index (χ2n) is 22.8. The number of allylic oxidation sites excluding steroid dienone is 2. The fraction of sp³-hybridized carbons (Fsp3) is 0.939. The molecule has 0 heterocycles. The van der Waals surface area contributed by atoms with Crippen molar-refractivity contribution in [2.75, 3.05) is 13.2 Å². The zero-order valence-corrected chi connectivity index (χ0v) is 48.9. The lowest BCUT2D eigenvalue weighted by Crippen LogP contribution is -2.45. The van der Waals surface area contributed by atoms with Crippen LogP contribution in [-0.2, 0) is 14.3 Å². The van der Waals surface area contributed by atoms with Crippen LogP contribution in [0, 0.1) is 0 Å². The van der Waals surface area contributed by atoms with Crippen LogP contribution in [0.1, 0.15) is 373 Å². The van der Waals surface area contributed by atoms with Crippen molar-refractivity contribution in [1.82, 2.24) is 5.32 Å². The van der Waals surface area contributed by atoms with E-state index in [0.717, 1.165) is 38.5 Å². The number of unbranched alkanes of at least 4 members (excludes halogenated alkanes) is 49. The Kier molecular flexibility index (Phi) is 60.9. The van der Waals surface area contributed by atoms with Crippen LogP contribution >= 0.6 is 0 Å². The van der Waals surface area contributed by atoms with E-state index in [4.69, 9.17) is 4.74 Å². The number of esters is 1. The summed E-state index contributed by atoms with van der Waals surface area (Å²) >= 11 is 0. The van der Waals surface area contributed by atoms with Crippen molar-refractivity contribution in [2.24, 2.45) is 0 Å². The summed E-state index contributed by atoms with van der Waals surface area (Å²) in [6.07, 6.45) is 75.2. The smallest absolute Gasteiger partial charge is 0.305 e. The van der Waals surface area contributed by atoms with Gasteiger partial charge in [0.05, 0.1) is 25.4 Å². The van der Waals surface area contributed by atoms with Crippen molar-refractivity contribution in [3.8, 4) is 0 Å². The van der Waals surface area contributed by atoms with Crippen LogP contribution in [0.25, 0.3) is 0 Å². The van der Waals surface area contributed by atoms with Crippen LogP contribution < -0.4 is 5.32 Å². The number of hydrogen-bond acceptors (Lipinski definition) is 5. The molecule has 2 unspecified atom stereocenters. The Balaban J connectivity index is 3.39. The van der Waals surface area contributed by atoms with Gasteiger partial charge in [-0.3, -0.25) is 9.59 Å². The van der Waals surface area contributed by atoms with Gasteiger partial charge in [-0.2, -0.15) is 0 Å². The summed E-state index contributed by atoms with van der Waals surface area (Å²) in [6.45, 7) is 4.98. The van der Waals surface area contributed by atoms with Gasteiger partial charge in [-0.15, -0.1) is 0 Å². The van der Waals surface area contributed by atoms with Crippen LogP contribution in [0.5, 0.6) is 0 Å². The number of ether oxygens (including phenoxy) is 1. The minimum atomic E-state index is -0.669. The molecule has 0 aliphatic heterocycles. The van der Waals surface area contributed by atoms with Crippen LogP contribution in [0.4, 0.5) is 0 Å². The average molecular weight is 1020 g/mol. The molecule has 2 atom stereocenters. The predicted molar refractivity (Wildman–Crippen MR) is 315 cm³/mol. The fourth-order valence-corrected chi connectivity index (χ4v) is 10.5. The molecule has 428 valence electrons. The van der Waals surface area contributed by atoms with Crippen molar-refractivity contribution in [3.05, 3.63) is 12.2 Å². The van der Waals surface area contributed by atoms with Crippen LogP contribution in [0.3, 0.4) is 0 Å². The lowest BCUT2D eigenvalue weighted by molar-refractivity contribution is -0.143. The summed E-state index contributed by atoms with van der Waals surface area (Å²) in [5, 5.41) is 23.3. The first-order chi connectivity index (χ1) is 35.5. The number of hydrogen-bond donors (Lipinski definition) is 3. The van der Waals surface area contributed by atoms with Crippen LogP contribution in [0.2, 0.25) is 0 Å². The van der Waals surface area contributed by atoms with Gasteiger partial charge in [0.25, 0.3) is 0 Å². The van der Waals surface area contributed by atoms with Gasteiger partial charge < -0.3 is 20.3 Å². The van der Waals surface area contributed by atoms with Gasteiger partial charge in [-0.1, -0.05) is 321 Å². The Morgan fingerprint density at radius 1 is 0.375 bits per heavy atom. The molecule has 0 fully saturated rings. The molecule has 0 spiro atoms. The standard InChI is InChI=1S/C66H129NO5/c1-3-5-7-9-11-13-15-17-19-21-24-28-32-36-40-44-48-52-56-60-66(71)72-61-57-53-49-45-41-37-33-29-26-23-22-25-27-31-35-39-43-47-51-55-59-65(70)67-63(62-68)64(69)58-54-50-46-42-38-34-30-20-18-16-14-12-10-8-6-4-2/h22,25,63-64,68-69H,3-21,23-24,26-62H2,1-2H3,(H,67,70)/b25-22-. The number of carbonyl (C=O) groups is 2. The molecule has 0 aliphatic carbocycles. The third-order valence-electron chi connectivity index (χ3n) is 15.6. The number of rotatable bonds is 62. The monoisotopic (exact) mass is 1020 g/mol. The highest BCUT2D eigenvalue weighted by atomic mass is 16.5. The normalized spacial score (nSPS) is 12.6. The van der Waals surface area contributed by atoms with Gasteiger partial charge in [0.15, 0.2) is 0 Å². The Morgan fingerprint density at radius 2 is 0.653 bits per heavy atom. The van der Waals surface area contributed by atoms with E-state index in [-0.39, 0.29) is 18.5 Å². The second-order valence-corrected chi connectivity index (χ2v) is 22.8. The molecular formula is C66H129NO5. The molecule has 3 N–H and O–H groups in total. The summed E-state index contributed by atoms with van der Waals surface area (Å²) in [5.41, 5.74) is 0. The predicted octanol–water partition coefficient (Wildman–Crippen LogP) is 20.8. The molecule has 6 heteroatoms. The first-order valence-corrected chi connectivity index (χ1v) is 32.9. The Hall–Kier alpha value is -1.40. The van der Waals surface area contributed by atoms with Gasteiger partial charge >= 0.3 is 5.97 Å². The summed E-state index contributed by atoms with van der Waals surface area (Å²) in [4.78, 5) is 24.6. The molecule has 72 heavy (non-hydrogen) atoms. The molecule has 0 saturated heterocycles. The maximum Gasteiger partial charge on any atom is 0.305 e. The van der Waals surface area contributed by atoms with Crippen molar-refractivity contribution < 1.29 is 24.5 Å². The van der Waals surface area contributed by atoms with Crippen molar-refractivity contribution >= 4 is 11.9 Å². The van der Waals surface area contributed by atoms with E-state index in [2.05, 4.69) is 31.3 Å². The van der Waals surface area contributed by atoms with Gasteiger partial charge in [-0.25, -0.2) is 0 Å². The minimum absolute atomic E-state index is 0.0120. The Bertz CT molecular complexity index is 1080. The van der Waals surface area contributed by atoms with Crippen molar-refractivity contribution in [2.45, 2.75) is 386 Å². The van der Waals surface area contributed by atoms with Gasteiger partial charge in [0, 0.05) is 12.8 Å². The summed E-state index contributed by atoms with van der Waals surface area (Å²) in [5.74, 6) is -0.0285. The minimum Gasteiger partial charge on any atom is -0.466 e. The SMILES string of the molecule is CCCCCCCCCCCCCCCCCCCCCC(=O)OCCCCCCCCCCC/C=C\CCCCCCCCCC(=O)NC(CO)C(O)CCCCCCCCCCCCCCCCCC. The fourth-order valence-electron chi connectivity index (χ4n) is 10.5. The van der Waals surface area contributed by atoms with Crippen LogP contribution in [0.15, 0.2) is 12.2 Å². The van der Waals surface area contributed by atoms with E-state index in [9.17, 15) is 19.8 Å². The molecule has 0 aromatic heterocycles. The summed E-state index contributed by atoms with van der Waals surface area (Å²) in [7, 11) is 0. The molecule has 0 aromatic carbocycles. The zero-order chi connectivity index (χ0) is 52.2. The van der Waals surface area contributed by atoms with Gasteiger partial charge in [0.2, 0.25) is 5.91 Å². The van der Waals surface area contributed by atoms with Crippen molar-refractivity contribution in [1.29, 1.82) is 0 Å². The third-order valence-corrected chi connectivity index (χ3v) is 15.6. The molecule has 0 rings (SSSR count). The lowest BCUT2D eigenvalue weighted by Gasteiger charge is -2.22. The molecule has 0 radical (unpaired) electrons. The molecule has 0 saturated carbocycles. The largest absolute Gasteiger partial charge is 0.466 e. The van der Waals surface area contributed by atoms with E-state index in [1.165, 1.54) is 302 Å². The Morgan fingerprint density at radius 3 is 0.986 bits per heavy atom. The zero-order valence-electron chi connectivity index (χ0n) is 48.9. The topological polar surface area (TPSA) is 95.9 Å². The lowest BCUT2D eigenvalue weighted by atomic mass is 10.0. The number of amides is 1. The van der Waals surface area contributed by atoms with E-state index >= 15 is 0 Å². The molecule has 0 aromatic rings. The molecule has 0 aliphatic rings. The quantitative estimate of drug-likeness (QED) is 0.0320. The first-order valence-electron chi connectivity index (χ1n) is 32.9. The van der Waals surface area contributed by atoms with Crippen LogP contribution in [-0.4, -0.2) is 47.4 Å². The summed E-state index contributed by atoms with van der Waals surface area (Å²) < 4.78 is 5.50. The number of nitrogens with one attached hydrogen (secondary N) is 1. The number of aliphatic hydroxyl groups excluding tert-OH is 2. The second kappa shape index (κ2) is 62.1. The number of aliphatic hydroxyl groups is 2. The van der Waals surface area contributed by atoms with E-state index < -0.39 is 12.1 Å². The van der Waals surface area contributed by atoms with E-state index in [0.29, 0.717) is 25.9 Å². The van der Waals surface area contributed by atoms with E-state index in [1.54, 1.807) is 0 Å². The number of carbonyl (C=O) groups excluding carboxylic acids is 2. The highest BCUT2D eigenvalue weighted by Gasteiger charge is 2.20.